The van der Waals surface area contributed by atoms with Gasteiger partial charge in [0, 0.05) is 32.0 Å². The lowest BCUT2D eigenvalue weighted by Gasteiger charge is -2.39. The number of aromatic nitrogens is 2. The summed E-state index contributed by atoms with van der Waals surface area (Å²) in [5, 5.41) is 3.40. The van der Waals surface area contributed by atoms with Crippen molar-refractivity contribution in [3.05, 3.63) is 59.9 Å². The van der Waals surface area contributed by atoms with Crippen LogP contribution in [0, 0.1) is 0 Å². The summed E-state index contributed by atoms with van der Waals surface area (Å²) in [4.78, 5) is 19.8. The number of piperidine rings is 1. The van der Waals surface area contributed by atoms with Crippen molar-refractivity contribution in [1.29, 1.82) is 0 Å². The maximum absolute atomic E-state index is 12.4. The lowest BCUT2D eigenvalue weighted by Crippen LogP contribution is -2.56. The third kappa shape index (κ3) is 3.59. The normalized spacial score (nSPS) is 24.1. The summed E-state index contributed by atoms with van der Waals surface area (Å²) in [7, 11) is 1.70. The average Bonchev–Trinajstić information content (AvgIpc) is 3.30. The average molecular weight is 419 g/mol. The lowest BCUT2D eigenvalue weighted by atomic mass is 9.76. The number of carbonyl (C=O) groups excluding carboxylic acids is 1. The van der Waals surface area contributed by atoms with Gasteiger partial charge in [0.15, 0.2) is 0 Å². The molecule has 2 fully saturated rings. The van der Waals surface area contributed by atoms with E-state index in [1.165, 1.54) is 11.1 Å². The van der Waals surface area contributed by atoms with E-state index in [-0.39, 0.29) is 17.4 Å². The van der Waals surface area contributed by atoms with Crippen LogP contribution in [-0.2, 0) is 17.9 Å². The second kappa shape index (κ2) is 8.00. The molecule has 6 heteroatoms. The summed E-state index contributed by atoms with van der Waals surface area (Å²) in [5.41, 5.74) is 3.23. The molecule has 2 aliphatic heterocycles. The van der Waals surface area contributed by atoms with E-state index in [0.717, 1.165) is 56.1 Å². The molecule has 0 radical (unpaired) electrons. The molecule has 1 amide bonds. The zero-order valence-electron chi connectivity index (χ0n) is 18.3. The highest BCUT2D eigenvalue weighted by Crippen LogP contribution is 2.42. The van der Waals surface area contributed by atoms with E-state index in [2.05, 4.69) is 52.0 Å². The third-order valence-electron chi connectivity index (χ3n) is 6.94. The van der Waals surface area contributed by atoms with Crippen LogP contribution in [0.15, 0.2) is 48.5 Å². The van der Waals surface area contributed by atoms with E-state index in [1.807, 2.05) is 18.2 Å². The van der Waals surface area contributed by atoms with Crippen molar-refractivity contribution < 1.29 is 9.53 Å². The Bertz CT molecular complexity index is 1110. The van der Waals surface area contributed by atoms with E-state index < -0.39 is 0 Å². The first-order valence-electron chi connectivity index (χ1n) is 11.2. The van der Waals surface area contributed by atoms with Gasteiger partial charge in [-0.05, 0) is 49.6 Å². The highest BCUT2D eigenvalue weighted by atomic mass is 16.5. The fourth-order valence-corrected chi connectivity index (χ4v) is 5.56. The van der Waals surface area contributed by atoms with Gasteiger partial charge in [-0.15, -0.1) is 0 Å². The van der Waals surface area contributed by atoms with Gasteiger partial charge in [-0.1, -0.05) is 24.3 Å². The number of carbonyl (C=O) groups is 1. The predicted octanol–water partition coefficient (Wildman–Crippen LogP) is 3.70. The van der Waals surface area contributed by atoms with Gasteiger partial charge in [-0.3, -0.25) is 9.69 Å². The lowest BCUT2D eigenvalue weighted by molar-refractivity contribution is -0.125. The topological polar surface area (TPSA) is 59.4 Å². The molecule has 0 unspecified atom stereocenters. The number of aryl methyl sites for hydroxylation is 1. The monoisotopic (exact) mass is 418 g/mol. The minimum absolute atomic E-state index is 0.168. The van der Waals surface area contributed by atoms with Crippen molar-refractivity contribution >= 4 is 16.9 Å². The number of benzene rings is 2. The minimum atomic E-state index is -0.231. The SMILES string of the molecule is CCn1c(CN2C[C@@H](c3cccc(OC)c3)[C@@]3(CCCC(=O)N3)C2)nc2ccccc21. The minimum Gasteiger partial charge on any atom is -0.497 e. The Hall–Kier alpha value is -2.86. The number of hydrogen-bond acceptors (Lipinski definition) is 4. The number of hydrogen-bond donors (Lipinski definition) is 1. The summed E-state index contributed by atoms with van der Waals surface area (Å²) in [6.45, 7) is 5.57. The van der Waals surface area contributed by atoms with Gasteiger partial charge in [0.05, 0.1) is 30.2 Å². The molecule has 0 saturated carbocycles. The predicted molar refractivity (Wildman–Crippen MR) is 121 cm³/mol. The number of rotatable bonds is 5. The fourth-order valence-electron chi connectivity index (χ4n) is 5.56. The largest absolute Gasteiger partial charge is 0.497 e. The van der Waals surface area contributed by atoms with Crippen LogP contribution in [0.1, 0.15) is 43.5 Å². The summed E-state index contributed by atoms with van der Waals surface area (Å²) in [5.74, 6) is 2.35. The zero-order chi connectivity index (χ0) is 21.4. The molecule has 3 heterocycles. The maximum Gasteiger partial charge on any atom is 0.220 e. The van der Waals surface area contributed by atoms with E-state index in [9.17, 15) is 4.79 Å². The molecule has 6 nitrogen and oxygen atoms in total. The first-order valence-corrected chi connectivity index (χ1v) is 11.2. The van der Waals surface area contributed by atoms with Gasteiger partial charge in [0.2, 0.25) is 5.91 Å². The van der Waals surface area contributed by atoms with Crippen molar-refractivity contribution in [3.8, 4) is 5.75 Å². The van der Waals surface area contributed by atoms with Gasteiger partial charge in [0.25, 0.3) is 0 Å². The molecule has 5 rings (SSSR count). The molecule has 1 N–H and O–H groups in total. The van der Waals surface area contributed by atoms with Crippen LogP contribution in [0.3, 0.4) is 0 Å². The smallest absolute Gasteiger partial charge is 0.220 e. The number of ether oxygens (including phenoxy) is 1. The number of para-hydroxylation sites is 2. The molecule has 0 aliphatic carbocycles. The number of imidazole rings is 1. The van der Waals surface area contributed by atoms with Crippen LogP contribution in [0.4, 0.5) is 0 Å². The van der Waals surface area contributed by atoms with E-state index in [0.29, 0.717) is 6.42 Å². The second-order valence-electron chi connectivity index (χ2n) is 8.82. The maximum atomic E-state index is 12.4. The number of fused-ring (bicyclic) bond motifs is 1. The Kier molecular flexibility index (Phi) is 5.18. The second-order valence-corrected chi connectivity index (χ2v) is 8.82. The Balaban J connectivity index is 1.48. The van der Waals surface area contributed by atoms with Crippen LogP contribution in [0.5, 0.6) is 5.75 Å². The van der Waals surface area contributed by atoms with E-state index in [1.54, 1.807) is 7.11 Å². The Labute approximate surface area is 183 Å². The molecule has 0 bridgehead atoms. The van der Waals surface area contributed by atoms with Crippen molar-refractivity contribution in [3.63, 3.8) is 0 Å². The molecule has 162 valence electrons. The van der Waals surface area contributed by atoms with Crippen LogP contribution in [-0.4, -0.2) is 46.1 Å². The van der Waals surface area contributed by atoms with Gasteiger partial charge in [-0.25, -0.2) is 4.98 Å². The molecule has 31 heavy (non-hydrogen) atoms. The number of nitrogens with zero attached hydrogens (tertiary/aromatic N) is 3. The number of likely N-dealkylation sites (tertiary alicyclic amines) is 1. The quantitative estimate of drug-likeness (QED) is 0.686. The molecule has 1 aromatic heterocycles. The molecule has 2 aliphatic rings. The number of amides is 1. The number of methoxy groups -OCH3 is 1. The highest BCUT2D eigenvalue weighted by molar-refractivity contribution is 5.78. The Morgan fingerprint density at radius 1 is 1.23 bits per heavy atom. The van der Waals surface area contributed by atoms with Crippen molar-refractivity contribution in [2.24, 2.45) is 0 Å². The molecular formula is C25H30N4O2. The molecule has 2 atom stereocenters. The van der Waals surface area contributed by atoms with Crippen molar-refractivity contribution in [2.75, 3.05) is 20.2 Å². The van der Waals surface area contributed by atoms with Gasteiger partial charge < -0.3 is 14.6 Å². The van der Waals surface area contributed by atoms with Gasteiger partial charge in [-0.2, -0.15) is 0 Å². The third-order valence-corrected chi connectivity index (χ3v) is 6.94. The summed E-state index contributed by atoms with van der Waals surface area (Å²) >= 11 is 0. The van der Waals surface area contributed by atoms with Gasteiger partial charge in [0.1, 0.15) is 11.6 Å². The zero-order valence-corrected chi connectivity index (χ0v) is 18.3. The van der Waals surface area contributed by atoms with Crippen LogP contribution in [0.25, 0.3) is 11.0 Å². The van der Waals surface area contributed by atoms with Crippen LogP contribution >= 0.6 is 0 Å². The van der Waals surface area contributed by atoms with E-state index >= 15 is 0 Å². The molecular weight excluding hydrogens is 388 g/mol. The molecule has 2 aromatic carbocycles. The summed E-state index contributed by atoms with van der Waals surface area (Å²) < 4.78 is 7.79. The molecule has 3 aromatic rings. The fraction of sp³-hybridized carbons (Fsp3) is 0.440. The van der Waals surface area contributed by atoms with Crippen LogP contribution in [0.2, 0.25) is 0 Å². The Morgan fingerprint density at radius 2 is 2.10 bits per heavy atom. The van der Waals surface area contributed by atoms with Crippen molar-refractivity contribution in [2.45, 2.75) is 50.7 Å². The van der Waals surface area contributed by atoms with E-state index in [4.69, 9.17) is 9.72 Å². The molecule has 2 saturated heterocycles. The Morgan fingerprint density at radius 3 is 2.90 bits per heavy atom. The van der Waals surface area contributed by atoms with Gasteiger partial charge >= 0.3 is 0 Å². The van der Waals surface area contributed by atoms with Crippen LogP contribution < -0.4 is 10.1 Å². The van der Waals surface area contributed by atoms with Crippen molar-refractivity contribution in [1.82, 2.24) is 19.8 Å². The summed E-state index contributed by atoms with van der Waals surface area (Å²) in [6.07, 6.45) is 2.56. The first-order chi connectivity index (χ1) is 15.1. The standard InChI is InChI=1S/C25H30N4O2/c1-3-29-22-11-5-4-10-21(22)26-23(29)16-28-15-20(18-8-6-9-19(14-18)31-2)25(17-28)13-7-12-24(30)27-25/h4-6,8-11,14,20H,3,7,12-13,15-17H2,1-2H3,(H,27,30)/t20-,25+/m0/s1. The number of nitrogens with one attached hydrogen (secondary N) is 1. The highest BCUT2D eigenvalue weighted by Gasteiger charge is 2.49. The first kappa shape index (κ1) is 20.1. The summed E-state index contributed by atoms with van der Waals surface area (Å²) in [6, 6.07) is 16.6. The molecule has 1 spiro atoms.